The standard InChI is InChI=1S/C14H11NO/c1-8-15-12-7-10-6-5-9-3-2-4-11(13(9)10)14(12)16-8/h2-4,7H,5-6H2,1H3. The summed E-state index contributed by atoms with van der Waals surface area (Å²) in [7, 11) is 0. The van der Waals surface area contributed by atoms with Gasteiger partial charge in [0, 0.05) is 12.3 Å². The van der Waals surface area contributed by atoms with E-state index < -0.39 is 0 Å². The molecule has 0 aliphatic heterocycles. The number of rotatable bonds is 0. The molecule has 0 unspecified atom stereocenters. The van der Waals surface area contributed by atoms with E-state index in [1.165, 1.54) is 21.9 Å². The van der Waals surface area contributed by atoms with Crippen LogP contribution in [0, 0.1) is 6.92 Å². The minimum absolute atomic E-state index is 0.749. The first kappa shape index (κ1) is 8.34. The van der Waals surface area contributed by atoms with E-state index in [1.54, 1.807) is 0 Å². The molecule has 2 aromatic carbocycles. The van der Waals surface area contributed by atoms with Crippen molar-refractivity contribution in [1.82, 2.24) is 4.98 Å². The Morgan fingerprint density at radius 1 is 1.19 bits per heavy atom. The number of fused-ring (bicyclic) bond motifs is 2. The van der Waals surface area contributed by atoms with E-state index in [9.17, 15) is 0 Å². The Morgan fingerprint density at radius 3 is 3.00 bits per heavy atom. The van der Waals surface area contributed by atoms with Crippen LogP contribution in [0.1, 0.15) is 17.0 Å². The molecule has 0 saturated heterocycles. The normalized spacial score (nSPS) is 14.1. The molecule has 2 nitrogen and oxygen atoms in total. The van der Waals surface area contributed by atoms with Crippen molar-refractivity contribution in [3.63, 3.8) is 0 Å². The second-order valence-corrected chi connectivity index (χ2v) is 4.46. The SMILES string of the molecule is Cc1nc2cc3c4c(cccc4c2o1)CC3. The zero-order chi connectivity index (χ0) is 10.7. The van der Waals surface area contributed by atoms with Crippen LogP contribution in [0.5, 0.6) is 0 Å². The van der Waals surface area contributed by atoms with Gasteiger partial charge in [-0.1, -0.05) is 18.2 Å². The molecule has 4 rings (SSSR count). The fourth-order valence-corrected chi connectivity index (χ4v) is 2.81. The van der Waals surface area contributed by atoms with Gasteiger partial charge in [-0.2, -0.15) is 0 Å². The molecular formula is C14H11NO. The number of nitrogens with zero attached hydrogens (tertiary/aromatic N) is 1. The highest BCUT2D eigenvalue weighted by Crippen LogP contribution is 2.36. The molecule has 2 heteroatoms. The largest absolute Gasteiger partial charge is 0.440 e. The number of aryl methyl sites for hydroxylation is 3. The molecule has 1 aliphatic carbocycles. The predicted molar refractivity (Wildman–Crippen MR) is 63.7 cm³/mol. The van der Waals surface area contributed by atoms with E-state index in [2.05, 4.69) is 29.2 Å². The van der Waals surface area contributed by atoms with Crippen molar-refractivity contribution in [1.29, 1.82) is 0 Å². The fraction of sp³-hybridized carbons (Fsp3) is 0.214. The molecule has 0 atom stereocenters. The maximum atomic E-state index is 5.71. The molecule has 0 amide bonds. The lowest BCUT2D eigenvalue weighted by atomic mass is 10.0. The Kier molecular flexibility index (Phi) is 1.38. The summed E-state index contributed by atoms with van der Waals surface area (Å²) < 4.78 is 5.71. The van der Waals surface area contributed by atoms with Crippen LogP contribution in [0.3, 0.4) is 0 Å². The molecule has 16 heavy (non-hydrogen) atoms. The van der Waals surface area contributed by atoms with E-state index in [4.69, 9.17) is 4.42 Å². The van der Waals surface area contributed by atoms with Crippen LogP contribution in [0.2, 0.25) is 0 Å². The fourth-order valence-electron chi connectivity index (χ4n) is 2.81. The number of hydrogen-bond acceptors (Lipinski definition) is 2. The van der Waals surface area contributed by atoms with Crippen LogP contribution >= 0.6 is 0 Å². The lowest BCUT2D eigenvalue weighted by Gasteiger charge is -2.01. The zero-order valence-electron chi connectivity index (χ0n) is 9.08. The third-order valence-corrected chi connectivity index (χ3v) is 3.45. The minimum Gasteiger partial charge on any atom is -0.440 e. The van der Waals surface area contributed by atoms with Crippen LogP contribution in [0.4, 0.5) is 0 Å². The van der Waals surface area contributed by atoms with Crippen molar-refractivity contribution in [2.24, 2.45) is 0 Å². The molecule has 1 aliphatic rings. The molecule has 0 N–H and O–H groups in total. The van der Waals surface area contributed by atoms with Gasteiger partial charge in [-0.25, -0.2) is 4.98 Å². The zero-order valence-corrected chi connectivity index (χ0v) is 9.08. The van der Waals surface area contributed by atoms with E-state index in [0.717, 1.165) is 29.8 Å². The third kappa shape index (κ3) is 0.896. The number of oxazole rings is 1. The van der Waals surface area contributed by atoms with Gasteiger partial charge in [-0.05, 0) is 35.4 Å². The molecule has 1 heterocycles. The maximum Gasteiger partial charge on any atom is 0.192 e. The number of hydrogen-bond donors (Lipinski definition) is 0. The average Bonchev–Trinajstić information content (AvgIpc) is 2.84. The summed E-state index contributed by atoms with van der Waals surface area (Å²) in [5, 5.41) is 2.62. The Hall–Kier alpha value is -1.83. The Morgan fingerprint density at radius 2 is 2.06 bits per heavy atom. The molecule has 1 aromatic heterocycles. The van der Waals surface area contributed by atoms with E-state index >= 15 is 0 Å². The van der Waals surface area contributed by atoms with E-state index in [-0.39, 0.29) is 0 Å². The van der Waals surface area contributed by atoms with Crippen LogP contribution in [-0.2, 0) is 12.8 Å². The summed E-state index contributed by atoms with van der Waals surface area (Å²) in [5.41, 5.74) is 4.81. The predicted octanol–water partition coefficient (Wildman–Crippen LogP) is 3.39. The van der Waals surface area contributed by atoms with Crippen molar-refractivity contribution in [2.75, 3.05) is 0 Å². The van der Waals surface area contributed by atoms with E-state index in [0.29, 0.717) is 0 Å². The Bertz CT molecular complexity index is 724. The van der Waals surface area contributed by atoms with Crippen molar-refractivity contribution >= 4 is 21.9 Å². The quantitative estimate of drug-likeness (QED) is 0.567. The Labute approximate surface area is 92.9 Å². The molecule has 0 spiro atoms. The summed E-state index contributed by atoms with van der Waals surface area (Å²) in [4.78, 5) is 4.43. The third-order valence-electron chi connectivity index (χ3n) is 3.45. The van der Waals surface area contributed by atoms with Gasteiger partial charge in [0.15, 0.2) is 11.5 Å². The van der Waals surface area contributed by atoms with Gasteiger partial charge in [0.05, 0.1) is 0 Å². The van der Waals surface area contributed by atoms with Crippen molar-refractivity contribution < 1.29 is 4.42 Å². The molecule has 0 radical (unpaired) electrons. The molecular weight excluding hydrogens is 198 g/mol. The van der Waals surface area contributed by atoms with Crippen LogP contribution in [-0.4, -0.2) is 4.98 Å². The van der Waals surface area contributed by atoms with Gasteiger partial charge < -0.3 is 4.42 Å². The van der Waals surface area contributed by atoms with Gasteiger partial charge >= 0.3 is 0 Å². The van der Waals surface area contributed by atoms with Gasteiger partial charge in [0.1, 0.15) is 5.52 Å². The molecule has 0 saturated carbocycles. The smallest absolute Gasteiger partial charge is 0.192 e. The highest BCUT2D eigenvalue weighted by Gasteiger charge is 2.18. The first-order valence-electron chi connectivity index (χ1n) is 5.63. The highest BCUT2D eigenvalue weighted by molar-refractivity contribution is 6.06. The summed E-state index contributed by atoms with van der Waals surface area (Å²) >= 11 is 0. The Balaban J connectivity index is 2.34. The maximum absolute atomic E-state index is 5.71. The average molecular weight is 209 g/mol. The van der Waals surface area contributed by atoms with Crippen LogP contribution in [0.25, 0.3) is 21.9 Å². The monoisotopic (exact) mass is 209 g/mol. The molecule has 78 valence electrons. The summed E-state index contributed by atoms with van der Waals surface area (Å²) in [6, 6.07) is 8.66. The first-order valence-corrected chi connectivity index (χ1v) is 5.63. The summed E-state index contributed by atoms with van der Waals surface area (Å²) in [6.07, 6.45) is 2.29. The van der Waals surface area contributed by atoms with Gasteiger partial charge in [-0.15, -0.1) is 0 Å². The first-order chi connectivity index (χ1) is 7.83. The highest BCUT2D eigenvalue weighted by atomic mass is 16.3. The minimum atomic E-state index is 0.749. The second kappa shape index (κ2) is 2.64. The van der Waals surface area contributed by atoms with Crippen LogP contribution < -0.4 is 0 Å². The van der Waals surface area contributed by atoms with Gasteiger partial charge in [0.25, 0.3) is 0 Å². The van der Waals surface area contributed by atoms with Crippen molar-refractivity contribution in [3.8, 4) is 0 Å². The second-order valence-electron chi connectivity index (χ2n) is 4.46. The number of benzene rings is 2. The molecule has 0 bridgehead atoms. The van der Waals surface area contributed by atoms with E-state index in [1.807, 2.05) is 6.92 Å². The van der Waals surface area contributed by atoms with Gasteiger partial charge in [-0.3, -0.25) is 0 Å². The number of aromatic nitrogens is 1. The van der Waals surface area contributed by atoms with Crippen molar-refractivity contribution in [3.05, 3.63) is 41.3 Å². The van der Waals surface area contributed by atoms with Gasteiger partial charge in [0.2, 0.25) is 0 Å². The van der Waals surface area contributed by atoms with Crippen molar-refractivity contribution in [2.45, 2.75) is 19.8 Å². The molecule has 3 aromatic rings. The summed E-state index contributed by atoms with van der Waals surface area (Å²) in [5.74, 6) is 0.749. The van der Waals surface area contributed by atoms with Crippen LogP contribution in [0.15, 0.2) is 28.7 Å². The molecule has 0 fully saturated rings. The summed E-state index contributed by atoms with van der Waals surface area (Å²) in [6.45, 7) is 1.90. The lowest BCUT2D eigenvalue weighted by Crippen LogP contribution is -1.80. The topological polar surface area (TPSA) is 26.0 Å². The lowest BCUT2D eigenvalue weighted by molar-refractivity contribution is 0.563.